The fraction of sp³-hybridized carbons (Fsp3) is 0.417. The van der Waals surface area contributed by atoms with Gasteiger partial charge in [0.1, 0.15) is 5.82 Å². The molecule has 1 rings (SSSR count). The molecule has 0 spiro atoms. The first-order chi connectivity index (χ1) is 7.04. The summed E-state index contributed by atoms with van der Waals surface area (Å²) in [6.07, 6.45) is 0. The minimum Gasteiger partial charge on any atom is -0.392 e. The highest BCUT2D eigenvalue weighted by Crippen LogP contribution is 2.14. The molecule has 0 fully saturated rings. The van der Waals surface area contributed by atoms with Crippen LogP contribution in [-0.4, -0.2) is 23.7 Å². The highest BCUT2D eigenvalue weighted by atomic mass is 16.3. The van der Waals surface area contributed by atoms with Gasteiger partial charge in [-0.05, 0) is 25.5 Å². The molecular formula is C12H18N2O. The first kappa shape index (κ1) is 11.7. The second-order valence-electron chi connectivity index (χ2n) is 3.89. The number of hydrogen-bond donors (Lipinski definition) is 1. The van der Waals surface area contributed by atoms with Crippen molar-refractivity contribution in [2.75, 3.05) is 18.5 Å². The highest BCUT2D eigenvalue weighted by Gasteiger charge is 2.05. The largest absolute Gasteiger partial charge is 0.392 e. The zero-order valence-corrected chi connectivity index (χ0v) is 9.62. The Morgan fingerprint density at radius 2 is 2.20 bits per heavy atom. The Bertz CT molecular complexity index is 361. The fourth-order valence-corrected chi connectivity index (χ4v) is 1.44. The zero-order valence-electron chi connectivity index (χ0n) is 9.62. The first-order valence-corrected chi connectivity index (χ1v) is 4.97. The molecule has 0 saturated carbocycles. The third-order valence-electron chi connectivity index (χ3n) is 2.25. The summed E-state index contributed by atoms with van der Waals surface area (Å²) in [5.74, 6) is 0.910. The van der Waals surface area contributed by atoms with Crippen molar-refractivity contribution in [3.63, 3.8) is 0 Å². The SMILES string of the molecule is C=C(C)CN(C)c1ccc(CO)c(C)n1. The van der Waals surface area contributed by atoms with Gasteiger partial charge in [0.2, 0.25) is 0 Å². The molecule has 0 aliphatic rings. The van der Waals surface area contributed by atoms with Crippen LogP contribution in [0.4, 0.5) is 5.82 Å². The lowest BCUT2D eigenvalue weighted by atomic mass is 10.2. The second-order valence-corrected chi connectivity index (χ2v) is 3.89. The smallest absolute Gasteiger partial charge is 0.128 e. The van der Waals surface area contributed by atoms with E-state index in [0.717, 1.165) is 29.2 Å². The lowest BCUT2D eigenvalue weighted by Gasteiger charge is -2.19. The van der Waals surface area contributed by atoms with Crippen LogP contribution in [-0.2, 0) is 6.61 Å². The molecule has 0 radical (unpaired) electrons. The molecule has 0 bridgehead atoms. The van der Waals surface area contributed by atoms with E-state index in [0.29, 0.717) is 0 Å². The number of aryl methyl sites for hydroxylation is 1. The average molecular weight is 206 g/mol. The molecule has 0 atom stereocenters. The molecule has 0 unspecified atom stereocenters. The van der Waals surface area contributed by atoms with Crippen LogP contribution < -0.4 is 4.90 Å². The molecular weight excluding hydrogens is 188 g/mol. The molecule has 1 aromatic rings. The lowest BCUT2D eigenvalue weighted by Crippen LogP contribution is -2.20. The van der Waals surface area contributed by atoms with Crippen molar-refractivity contribution < 1.29 is 5.11 Å². The van der Waals surface area contributed by atoms with Gasteiger partial charge in [-0.2, -0.15) is 0 Å². The number of pyridine rings is 1. The monoisotopic (exact) mass is 206 g/mol. The Morgan fingerprint density at radius 3 is 2.67 bits per heavy atom. The maximum atomic E-state index is 9.03. The molecule has 1 N–H and O–H groups in total. The van der Waals surface area contributed by atoms with Crippen molar-refractivity contribution in [1.82, 2.24) is 4.98 Å². The summed E-state index contributed by atoms with van der Waals surface area (Å²) in [6, 6.07) is 3.83. The fourth-order valence-electron chi connectivity index (χ4n) is 1.44. The molecule has 0 aliphatic carbocycles. The van der Waals surface area contributed by atoms with E-state index in [4.69, 9.17) is 5.11 Å². The van der Waals surface area contributed by atoms with E-state index in [-0.39, 0.29) is 6.61 Å². The molecule has 82 valence electrons. The van der Waals surface area contributed by atoms with E-state index < -0.39 is 0 Å². The number of anilines is 1. The van der Waals surface area contributed by atoms with Crippen molar-refractivity contribution >= 4 is 5.82 Å². The number of aliphatic hydroxyl groups is 1. The second kappa shape index (κ2) is 4.94. The van der Waals surface area contributed by atoms with Crippen LogP contribution >= 0.6 is 0 Å². The minimum absolute atomic E-state index is 0.0450. The summed E-state index contributed by atoms with van der Waals surface area (Å²) in [6.45, 7) is 8.61. The first-order valence-electron chi connectivity index (χ1n) is 4.97. The maximum Gasteiger partial charge on any atom is 0.128 e. The molecule has 1 aromatic heterocycles. The normalized spacial score (nSPS) is 10.1. The molecule has 0 aliphatic heterocycles. The van der Waals surface area contributed by atoms with Gasteiger partial charge in [-0.3, -0.25) is 0 Å². The lowest BCUT2D eigenvalue weighted by molar-refractivity contribution is 0.280. The van der Waals surface area contributed by atoms with Crippen molar-refractivity contribution in [2.45, 2.75) is 20.5 Å². The van der Waals surface area contributed by atoms with E-state index in [1.807, 2.05) is 37.9 Å². The van der Waals surface area contributed by atoms with Gasteiger partial charge in [0.15, 0.2) is 0 Å². The third kappa shape index (κ3) is 3.06. The van der Waals surface area contributed by atoms with Gasteiger partial charge in [-0.15, -0.1) is 0 Å². The van der Waals surface area contributed by atoms with Gasteiger partial charge in [0.05, 0.1) is 6.61 Å². The zero-order chi connectivity index (χ0) is 11.4. The van der Waals surface area contributed by atoms with Crippen molar-refractivity contribution in [3.8, 4) is 0 Å². The van der Waals surface area contributed by atoms with Crippen LogP contribution in [0.15, 0.2) is 24.3 Å². The average Bonchev–Trinajstić information content (AvgIpc) is 2.16. The van der Waals surface area contributed by atoms with Crippen LogP contribution in [0.2, 0.25) is 0 Å². The van der Waals surface area contributed by atoms with Crippen LogP contribution in [0.5, 0.6) is 0 Å². The molecule has 3 heteroatoms. The van der Waals surface area contributed by atoms with Gasteiger partial charge < -0.3 is 10.0 Å². The van der Waals surface area contributed by atoms with E-state index in [1.165, 1.54) is 0 Å². The van der Waals surface area contributed by atoms with Gasteiger partial charge in [-0.1, -0.05) is 18.2 Å². The molecule has 0 aromatic carbocycles. The van der Waals surface area contributed by atoms with Gasteiger partial charge >= 0.3 is 0 Å². The standard InChI is InChI=1S/C12H18N2O/c1-9(2)7-14(4)12-6-5-11(8-15)10(3)13-12/h5-6,15H,1,7-8H2,2-4H3. The Balaban J connectivity index is 2.87. The Morgan fingerprint density at radius 1 is 1.53 bits per heavy atom. The summed E-state index contributed by atoms with van der Waals surface area (Å²) in [5, 5.41) is 9.03. The summed E-state index contributed by atoms with van der Waals surface area (Å²) in [5.41, 5.74) is 2.86. The van der Waals surface area contributed by atoms with E-state index in [9.17, 15) is 0 Å². The topological polar surface area (TPSA) is 36.4 Å². The summed E-state index contributed by atoms with van der Waals surface area (Å²) in [4.78, 5) is 6.46. The van der Waals surface area contributed by atoms with Gasteiger partial charge in [0, 0.05) is 19.3 Å². The Labute approximate surface area is 91.1 Å². The van der Waals surface area contributed by atoms with E-state index in [2.05, 4.69) is 11.6 Å². The number of likely N-dealkylation sites (N-methyl/N-ethyl adjacent to an activating group) is 1. The predicted octanol–water partition coefficient (Wildman–Crippen LogP) is 1.89. The summed E-state index contributed by atoms with van der Waals surface area (Å²) in [7, 11) is 1.98. The van der Waals surface area contributed by atoms with Crippen LogP contribution in [0.3, 0.4) is 0 Å². The number of aliphatic hydroxyl groups excluding tert-OH is 1. The molecule has 1 heterocycles. The Hall–Kier alpha value is -1.35. The van der Waals surface area contributed by atoms with E-state index in [1.54, 1.807) is 0 Å². The number of aromatic nitrogens is 1. The maximum absolute atomic E-state index is 9.03. The molecule has 0 amide bonds. The predicted molar refractivity (Wildman–Crippen MR) is 63.0 cm³/mol. The summed E-state index contributed by atoms with van der Waals surface area (Å²) >= 11 is 0. The molecule has 15 heavy (non-hydrogen) atoms. The third-order valence-corrected chi connectivity index (χ3v) is 2.25. The van der Waals surface area contributed by atoms with Gasteiger partial charge in [-0.25, -0.2) is 4.98 Å². The van der Waals surface area contributed by atoms with Gasteiger partial charge in [0.25, 0.3) is 0 Å². The van der Waals surface area contributed by atoms with Crippen LogP contribution in [0.25, 0.3) is 0 Å². The molecule has 3 nitrogen and oxygen atoms in total. The minimum atomic E-state index is 0.0450. The van der Waals surface area contributed by atoms with Crippen LogP contribution in [0, 0.1) is 6.92 Å². The van der Waals surface area contributed by atoms with E-state index >= 15 is 0 Å². The number of nitrogens with zero attached hydrogens (tertiary/aromatic N) is 2. The quantitative estimate of drug-likeness (QED) is 0.764. The molecule has 0 saturated heterocycles. The number of hydrogen-bond acceptors (Lipinski definition) is 3. The Kier molecular flexibility index (Phi) is 3.86. The van der Waals surface area contributed by atoms with Crippen molar-refractivity contribution in [1.29, 1.82) is 0 Å². The number of rotatable bonds is 4. The highest BCUT2D eigenvalue weighted by molar-refractivity contribution is 5.41. The summed E-state index contributed by atoms with van der Waals surface area (Å²) < 4.78 is 0. The van der Waals surface area contributed by atoms with Crippen molar-refractivity contribution in [3.05, 3.63) is 35.5 Å². The van der Waals surface area contributed by atoms with Crippen LogP contribution in [0.1, 0.15) is 18.2 Å². The van der Waals surface area contributed by atoms with Crippen molar-refractivity contribution in [2.24, 2.45) is 0 Å².